The molecule has 2 rings (SSSR count). The zero-order valence-corrected chi connectivity index (χ0v) is 13.6. The summed E-state index contributed by atoms with van der Waals surface area (Å²) in [4.78, 5) is 16.4. The maximum atomic E-state index is 12.0. The van der Waals surface area contributed by atoms with Gasteiger partial charge >= 0.3 is 0 Å². The standard InChI is InChI=1S/C17H19N3O3/c1-11-14(9-15(21)20-17(2,3)10-18)19-16(23-11)12-5-7-13(22-4)8-6-12/h5-8H,9H2,1-4H3,(H,20,21). The van der Waals surface area contributed by atoms with Gasteiger partial charge in [-0.1, -0.05) is 0 Å². The number of ether oxygens (including phenoxy) is 1. The number of aryl methyl sites for hydroxylation is 1. The van der Waals surface area contributed by atoms with Gasteiger partial charge in [0.1, 0.15) is 17.0 Å². The average Bonchev–Trinajstić information content (AvgIpc) is 2.87. The maximum Gasteiger partial charge on any atom is 0.227 e. The lowest BCUT2D eigenvalue weighted by Crippen LogP contribution is -2.42. The Morgan fingerprint density at radius 2 is 2.04 bits per heavy atom. The van der Waals surface area contributed by atoms with Gasteiger partial charge in [0, 0.05) is 5.56 Å². The summed E-state index contributed by atoms with van der Waals surface area (Å²) in [7, 11) is 1.60. The summed E-state index contributed by atoms with van der Waals surface area (Å²) in [5, 5.41) is 11.6. The molecular formula is C17H19N3O3. The van der Waals surface area contributed by atoms with Crippen molar-refractivity contribution in [2.75, 3.05) is 7.11 Å². The maximum absolute atomic E-state index is 12.0. The predicted octanol–water partition coefficient (Wildman–Crippen LogP) is 2.62. The van der Waals surface area contributed by atoms with Crippen molar-refractivity contribution in [1.29, 1.82) is 5.26 Å². The highest BCUT2D eigenvalue weighted by atomic mass is 16.5. The average molecular weight is 313 g/mol. The summed E-state index contributed by atoms with van der Waals surface area (Å²) in [6, 6.07) is 9.34. The Bertz CT molecular complexity index is 739. The summed E-state index contributed by atoms with van der Waals surface area (Å²) in [6.45, 7) is 5.05. The van der Waals surface area contributed by atoms with Crippen LogP contribution >= 0.6 is 0 Å². The van der Waals surface area contributed by atoms with E-state index in [4.69, 9.17) is 14.4 Å². The first-order chi connectivity index (χ1) is 10.8. The quantitative estimate of drug-likeness (QED) is 0.916. The van der Waals surface area contributed by atoms with Crippen molar-refractivity contribution in [3.05, 3.63) is 35.7 Å². The number of methoxy groups -OCH3 is 1. The van der Waals surface area contributed by atoms with Gasteiger partial charge in [0.15, 0.2) is 0 Å². The van der Waals surface area contributed by atoms with Gasteiger partial charge in [-0.3, -0.25) is 4.79 Å². The molecule has 1 heterocycles. The number of hydrogen-bond donors (Lipinski definition) is 1. The van der Waals surface area contributed by atoms with E-state index in [2.05, 4.69) is 10.3 Å². The number of rotatable bonds is 5. The molecule has 0 aliphatic rings. The van der Waals surface area contributed by atoms with E-state index in [1.165, 1.54) is 0 Å². The summed E-state index contributed by atoms with van der Waals surface area (Å²) in [5.74, 6) is 1.51. The zero-order valence-electron chi connectivity index (χ0n) is 13.6. The Labute approximate surface area is 135 Å². The number of aromatic nitrogens is 1. The molecule has 0 spiro atoms. The smallest absolute Gasteiger partial charge is 0.227 e. The van der Waals surface area contributed by atoms with Crippen LogP contribution in [0.3, 0.4) is 0 Å². The first-order valence-corrected chi connectivity index (χ1v) is 7.17. The number of carbonyl (C=O) groups excluding carboxylic acids is 1. The molecule has 0 saturated heterocycles. The molecule has 0 radical (unpaired) electrons. The second kappa shape index (κ2) is 6.53. The van der Waals surface area contributed by atoms with Crippen LogP contribution in [-0.2, 0) is 11.2 Å². The monoisotopic (exact) mass is 313 g/mol. The van der Waals surface area contributed by atoms with Gasteiger partial charge in [-0.2, -0.15) is 5.26 Å². The van der Waals surface area contributed by atoms with E-state index in [-0.39, 0.29) is 12.3 Å². The zero-order chi connectivity index (χ0) is 17.0. The van der Waals surface area contributed by atoms with E-state index in [0.717, 1.165) is 11.3 Å². The Morgan fingerprint density at radius 3 is 2.61 bits per heavy atom. The number of hydrogen-bond acceptors (Lipinski definition) is 5. The highest BCUT2D eigenvalue weighted by molar-refractivity contribution is 5.79. The Balaban J connectivity index is 2.15. The third-order valence-corrected chi connectivity index (χ3v) is 3.29. The van der Waals surface area contributed by atoms with Crippen LogP contribution in [-0.4, -0.2) is 23.5 Å². The molecule has 2 aromatic rings. The number of nitrogens with zero attached hydrogens (tertiary/aromatic N) is 2. The lowest BCUT2D eigenvalue weighted by molar-refractivity contribution is -0.121. The molecule has 0 atom stereocenters. The van der Waals surface area contributed by atoms with E-state index in [1.54, 1.807) is 27.9 Å². The molecule has 0 saturated carbocycles. The number of nitriles is 1. The third-order valence-electron chi connectivity index (χ3n) is 3.29. The fourth-order valence-corrected chi connectivity index (χ4v) is 2.02. The number of oxazole rings is 1. The molecule has 23 heavy (non-hydrogen) atoms. The minimum atomic E-state index is -0.909. The Kier molecular flexibility index (Phi) is 4.70. The van der Waals surface area contributed by atoms with Crippen LogP contribution in [0.15, 0.2) is 28.7 Å². The molecule has 0 unspecified atom stereocenters. The third kappa shape index (κ3) is 4.10. The van der Waals surface area contributed by atoms with Gasteiger partial charge in [-0.25, -0.2) is 4.98 Å². The lowest BCUT2D eigenvalue weighted by atomic mass is 10.1. The van der Waals surface area contributed by atoms with Crippen LogP contribution in [0.4, 0.5) is 0 Å². The van der Waals surface area contributed by atoms with E-state index in [0.29, 0.717) is 17.3 Å². The normalized spacial score (nSPS) is 10.9. The minimum Gasteiger partial charge on any atom is -0.497 e. The molecule has 1 N–H and O–H groups in total. The first-order valence-electron chi connectivity index (χ1n) is 7.17. The fourth-order valence-electron chi connectivity index (χ4n) is 2.02. The summed E-state index contributed by atoms with van der Waals surface area (Å²) >= 11 is 0. The molecule has 0 aliphatic carbocycles. The van der Waals surface area contributed by atoms with Crippen molar-refractivity contribution >= 4 is 5.91 Å². The first kappa shape index (κ1) is 16.6. The van der Waals surface area contributed by atoms with Crippen molar-refractivity contribution in [3.8, 4) is 23.3 Å². The molecule has 6 nitrogen and oxygen atoms in total. The van der Waals surface area contributed by atoms with Crippen molar-refractivity contribution in [3.63, 3.8) is 0 Å². The highest BCUT2D eigenvalue weighted by Gasteiger charge is 2.21. The van der Waals surface area contributed by atoms with Crippen LogP contribution in [0.5, 0.6) is 5.75 Å². The van der Waals surface area contributed by atoms with Gasteiger partial charge < -0.3 is 14.5 Å². The molecule has 1 aromatic heterocycles. The van der Waals surface area contributed by atoms with Gasteiger partial charge in [-0.05, 0) is 45.0 Å². The van der Waals surface area contributed by atoms with Crippen molar-refractivity contribution in [1.82, 2.24) is 10.3 Å². The highest BCUT2D eigenvalue weighted by Crippen LogP contribution is 2.24. The van der Waals surface area contributed by atoms with Crippen molar-refractivity contribution in [2.45, 2.75) is 32.7 Å². The predicted molar refractivity (Wildman–Crippen MR) is 84.8 cm³/mol. The van der Waals surface area contributed by atoms with Crippen LogP contribution in [0.25, 0.3) is 11.5 Å². The van der Waals surface area contributed by atoms with Gasteiger partial charge in [-0.15, -0.1) is 0 Å². The molecular weight excluding hydrogens is 294 g/mol. The molecule has 1 aromatic carbocycles. The van der Waals surface area contributed by atoms with Crippen LogP contribution in [0, 0.1) is 18.3 Å². The second-order valence-electron chi connectivity index (χ2n) is 5.71. The molecule has 6 heteroatoms. The van der Waals surface area contributed by atoms with E-state index in [9.17, 15) is 4.79 Å². The van der Waals surface area contributed by atoms with Gasteiger partial charge in [0.2, 0.25) is 11.8 Å². The summed E-state index contributed by atoms with van der Waals surface area (Å²) in [5.41, 5.74) is 0.452. The molecule has 0 aliphatic heterocycles. The molecule has 0 bridgehead atoms. The van der Waals surface area contributed by atoms with Crippen LogP contribution in [0.2, 0.25) is 0 Å². The molecule has 0 fully saturated rings. The minimum absolute atomic E-state index is 0.0661. The van der Waals surface area contributed by atoms with Crippen molar-refractivity contribution in [2.24, 2.45) is 0 Å². The molecule has 1 amide bonds. The number of benzene rings is 1. The van der Waals surface area contributed by atoms with Crippen molar-refractivity contribution < 1.29 is 13.9 Å². The second-order valence-corrected chi connectivity index (χ2v) is 5.71. The van der Waals surface area contributed by atoms with E-state index in [1.807, 2.05) is 30.3 Å². The van der Waals surface area contributed by atoms with E-state index >= 15 is 0 Å². The van der Waals surface area contributed by atoms with Gasteiger partial charge in [0.05, 0.1) is 25.3 Å². The summed E-state index contributed by atoms with van der Waals surface area (Å²) < 4.78 is 10.7. The topological polar surface area (TPSA) is 88.1 Å². The van der Waals surface area contributed by atoms with E-state index < -0.39 is 5.54 Å². The van der Waals surface area contributed by atoms with Crippen LogP contribution < -0.4 is 10.1 Å². The lowest BCUT2D eigenvalue weighted by Gasteiger charge is -2.16. The van der Waals surface area contributed by atoms with Crippen LogP contribution in [0.1, 0.15) is 25.3 Å². The Hall–Kier alpha value is -2.81. The molecule has 120 valence electrons. The SMILES string of the molecule is COc1ccc(-c2nc(CC(=O)NC(C)(C)C#N)c(C)o2)cc1. The summed E-state index contributed by atoms with van der Waals surface area (Å²) in [6.07, 6.45) is 0.0661. The fraction of sp³-hybridized carbons (Fsp3) is 0.353. The number of amides is 1. The van der Waals surface area contributed by atoms with Gasteiger partial charge in [0.25, 0.3) is 0 Å². The largest absolute Gasteiger partial charge is 0.497 e. The number of nitrogens with one attached hydrogen (secondary N) is 1. The number of carbonyl (C=O) groups is 1. The Morgan fingerprint density at radius 1 is 1.39 bits per heavy atom.